The molecule has 3 heterocycles. The van der Waals surface area contributed by atoms with E-state index in [9.17, 15) is 9.50 Å². The fourth-order valence-electron chi connectivity index (χ4n) is 3.92. The first-order valence-corrected chi connectivity index (χ1v) is 8.66. The van der Waals surface area contributed by atoms with E-state index in [1.54, 1.807) is 18.2 Å². The molecule has 5 nitrogen and oxygen atoms in total. The maximum atomic E-state index is 13.4. The predicted molar refractivity (Wildman–Crippen MR) is 103 cm³/mol. The molecule has 5 rings (SSSR count). The SMILES string of the molecule is Cn1ccc(=N)c2c1-c1c(O)[nH]c3c1=C(C=C2)N(c1ccc(F)cc1)CC=3. The Hall–Kier alpha value is -3.54. The molecule has 2 aromatic heterocycles. The number of H-pyrrole nitrogens is 1. The summed E-state index contributed by atoms with van der Waals surface area (Å²) in [6.45, 7) is 0.591. The van der Waals surface area contributed by atoms with Crippen molar-refractivity contribution in [3.8, 4) is 17.1 Å². The second-order valence-corrected chi connectivity index (χ2v) is 6.75. The lowest BCUT2D eigenvalue weighted by Crippen LogP contribution is -2.39. The van der Waals surface area contributed by atoms with Gasteiger partial charge in [0.15, 0.2) is 5.88 Å². The summed E-state index contributed by atoms with van der Waals surface area (Å²) in [4.78, 5) is 5.14. The highest BCUT2D eigenvalue weighted by atomic mass is 19.1. The number of hydrogen-bond donors (Lipinski definition) is 3. The van der Waals surface area contributed by atoms with Crippen LogP contribution in [0.15, 0.2) is 42.6 Å². The van der Waals surface area contributed by atoms with Gasteiger partial charge in [-0.05, 0) is 48.6 Å². The summed E-state index contributed by atoms with van der Waals surface area (Å²) >= 11 is 0. The van der Waals surface area contributed by atoms with Gasteiger partial charge < -0.3 is 25.0 Å². The molecule has 134 valence electrons. The topological polar surface area (TPSA) is 68.0 Å². The van der Waals surface area contributed by atoms with Gasteiger partial charge in [0.2, 0.25) is 0 Å². The molecule has 1 aromatic carbocycles. The van der Waals surface area contributed by atoms with Crippen LogP contribution in [-0.4, -0.2) is 21.2 Å². The molecule has 0 amide bonds. The minimum absolute atomic E-state index is 0.0841. The lowest BCUT2D eigenvalue weighted by Gasteiger charge is -2.26. The molecule has 0 fully saturated rings. The van der Waals surface area contributed by atoms with Gasteiger partial charge in [0.1, 0.15) is 5.82 Å². The molecule has 27 heavy (non-hydrogen) atoms. The summed E-state index contributed by atoms with van der Waals surface area (Å²) < 4.78 is 15.3. The third-order valence-corrected chi connectivity index (χ3v) is 5.18. The first kappa shape index (κ1) is 15.7. The fourth-order valence-corrected chi connectivity index (χ4v) is 3.92. The molecular formula is C21H17FN4O. The Morgan fingerprint density at radius 3 is 2.70 bits per heavy atom. The summed E-state index contributed by atoms with van der Waals surface area (Å²) in [5.74, 6) is -0.194. The maximum absolute atomic E-state index is 13.4. The van der Waals surface area contributed by atoms with E-state index in [2.05, 4.69) is 9.88 Å². The molecule has 6 heteroatoms. The van der Waals surface area contributed by atoms with E-state index in [0.717, 1.165) is 33.2 Å². The van der Waals surface area contributed by atoms with Gasteiger partial charge in [-0.15, -0.1) is 0 Å². The highest BCUT2D eigenvalue weighted by molar-refractivity contribution is 5.90. The normalized spacial score (nSPS) is 14.4. The summed E-state index contributed by atoms with van der Waals surface area (Å²) in [7, 11) is 1.90. The molecule has 0 bridgehead atoms. The van der Waals surface area contributed by atoms with Gasteiger partial charge in [0.05, 0.1) is 22.3 Å². The lowest BCUT2D eigenvalue weighted by atomic mass is 10.1. The second-order valence-electron chi connectivity index (χ2n) is 6.75. The quantitative estimate of drug-likeness (QED) is 0.619. The van der Waals surface area contributed by atoms with Crippen molar-refractivity contribution in [3.05, 3.63) is 69.9 Å². The highest BCUT2D eigenvalue weighted by Gasteiger charge is 2.25. The fraction of sp³-hybridized carbons (Fsp3) is 0.0952. The zero-order valence-corrected chi connectivity index (χ0v) is 14.6. The number of nitrogens with zero attached hydrogens (tertiary/aromatic N) is 2. The van der Waals surface area contributed by atoms with Gasteiger partial charge in [-0.2, -0.15) is 0 Å². The van der Waals surface area contributed by atoms with Gasteiger partial charge in [-0.3, -0.25) is 0 Å². The van der Waals surface area contributed by atoms with Crippen LogP contribution in [0.4, 0.5) is 10.1 Å². The molecule has 2 aliphatic rings. The highest BCUT2D eigenvalue weighted by Crippen LogP contribution is 2.31. The monoisotopic (exact) mass is 360 g/mol. The number of halogens is 1. The summed E-state index contributed by atoms with van der Waals surface area (Å²) in [5.41, 5.74) is 3.99. The number of anilines is 1. The van der Waals surface area contributed by atoms with E-state index in [-0.39, 0.29) is 11.7 Å². The Morgan fingerprint density at radius 1 is 1.15 bits per heavy atom. The average Bonchev–Trinajstić information content (AvgIpc) is 2.86. The number of aromatic nitrogens is 2. The Balaban J connectivity index is 1.88. The van der Waals surface area contributed by atoms with Crippen molar-refractivity contribution in [1.29, 1.82) is 5.41 Å². The number of fused-ring (bicyclic) bond motifs is 2. The number of pyridine rings is 1. The summed E-state index contributed by atoms with van der Waals surface area (Å²) in [6, 6.07) is 8.11. The number of aromatic hydroxyl groups is 1. The molecule has 1 aliphatic carbocycles. The van der Waals surface area contributed by atoms with Crippen LogP contribution in [0.5, 0.6) is 5.88 Å². The zero-order chi connectivity index (χ0) is 18.7. The van der Waals surface area contributed by atoms with Crippen LogP contribution in [-0.2, 0) is 7.05 Å². The van der Waals surface area contributed by atoms with Crippen molar-refractivity contribution in [2.24, 2.45) is 7.05 Å². The molecule has 0 unspecified atom stereocenters. The molecule has 0 saturated heterocycles. The Bertz CT molecular complexity index is 1300. The van der Waals surface area contributed by atoms with Crippen LogP contribution in [0.2, 0.25) is 0 Å². The van der Waals surface area contributed by atoms with E-state index in [1.807, 2.05) is 36.0 Å². The van der Waals surface area contributed by atoms with Gasteiger partial charge in [-0.25, -0.2) is 4.39 Å². The standard InChI is InChI=1S/C21H17FN4O/c1-25-10-8-15(23)14-6-7-17-18-16(24-21(27)19(18)20(14)25)9-11-26(17)13-4-2-12(22)3-5-13/h2-10,23-24,27H,11H2,1H3. The average molecular weight is 360 g/mol. The molecule has 3 aromatic rings. The van der Waals surface area contributed by atoms with Crippen LogP contribution in [0.25, 0.3) is 29.1 Å². The van der Waals surface area contributed by atoms with Crippen LogP contribution in [0, 0.1) is 11.2 Å². The van der Waals surface area contributed by atoms with Crippen molar-refractivity contribution in [1.82, 2.24) is 9.55 Å². The summed E-state index contributed by atoms with van der Waals surface area (Å²) in [5, 5.41) is 21.1. The van der Waals surface area contributed by atoms with Crippen LogP contribution in [0.1, 0.15) is 5.56 Å². The van der Waals surface area contributed by atoms with Gasteiger partial charge in [-0.1, -0.05) is 0 Å². The van der Waals surface area contributed by atoms with E-state index in [4.69, 9.17) is 5.41 Å². The minimum Gasteiger partial charge on any atom is -0.494 e. The third kappa shape index (κ3) is 2.19. The van der Waals surface area contributed by atoms with Crippen molar-refractivity contribution in [2.45, 2.75) is 0 Å². The van der Waals surface area contributed by atoms with Gasteiger partial charge >= 0.3 is 0 Å². The Labute approximate surface area is 154 Å². The number of benzene rings is 1. The molecule has 3 N–H and O–H groups in total. The van der Waals surface area contributed by atoms with Crippen molar-refractivity contribution < 1.29 is 9.50 Å². The van der Waals surface area contributed by atoms with Crippen molar-refractivity contribution >= 4 is 23.5 Å². The van der Waals surface area contributed by atoms with Crippen molar-refractivity contribution in [3.63, 3.8) is 0 Å². The predicted octanol–water partition coefficient (Wildman–Crippen LogP) is 1.78. The number of aromatic amines is 1. The number of nitrogens with one attached hydrogen (secondary N) is 2. The molecule has 0 saturated carbocycles. The van der Waals surface area contributed by atoms with Crippen molar-refractivity contribution in [2.75, 3.05) is 11.4 Å². The lowest BCUT2D eigenvalue weighted by molar-refractivity contribution is 0.457. The Morgan fingerprint density at radius 2 is 1.93 bits per heavy atom. The Kier molecular flexibility index (Phi) is 3.18. The van der Waals surface area contributed by atoms with Crippen LogP contribution < -0.4 is 20.8 Å². The molecule has 1 aliphatic heterocycles. The van der Waals surface area contributed by atoms with Crippen LogP contribution in [0.3, 0.4) is 0 Å². The second kappa shape index (κ2) is 5.48. The zero-order valence-electron chi connectivity index (χ0n) is 14.6. The maximum Gasteiger partial charge on any atom is 0.199 e. The largest absolute Gasteiger partial charge is 0.494 e. The number of hydrogen-bond acceptors (Lipinski definition) is 3. The van der Waals surface area contributed by atoms with Crippen LogP contribution >= 0.6 is 0 Å². The van der Waals surface area contributed by atoms with Gasteiger partial charge in [0, 0.05) is 41.6 Å². The first-order chi connectivity index (χ1) is 13.0. The third-order valence-electron chi connectivity index (χ3n) is 5.18. The molecular weight excluding hydrogens is 343 g/mol. The van der Waals surface area contributed by atoms with E-state index in [1.165, 1.54) is 12.1 Å². The first-order valence-electron chi connectivity index (χ1n) is 8.66. The summed E-state index contributed by atoms with van der Waals surface area (Å²) in [6.07, 6.45) is 7.71. The number of rotatable bonds is 1. The minimum atomic E-state index is -0.278. The molecule has 0 spiro atoms. The van der Waals surface area contributed by atoms with E-state index < -0.39 is 0 Å². The number of aryl methyl sites for hydroxylation is 1. The molecule has 0 atom stereocenters. The molecule has 0 radical (unpaired) electrons. The van der Waals surface area contributed by atoms with Gasteiger partial charge in [0.25, 0.3) is 0 Å². The smallest absolute Gasteiger partial charge is 0.199 e. The van der Waals surface area contributed by atoms with E-state index in [0.29, 0.717) is 17.5 Å². The van der Waals surface area contributed by atoms with E-state index >= 15 is 0 Å².